The lowest BCUT2D eigenvalue weighted by atomic mass is 9.87. The Kier molecular flexibility index (Phi) is 5.08. The molecule has 0 aliphatic carbocycles. The summed E-state index contributed by atoms with van der Waals surface area (Å²) in [6.07, 6.45) is 4.25. The largest absolute Gasteiger partial charge is 0.341 e. The van der Waals surface area contributed by atoms with Crippen molar-refractivity contribution in [3.8, 4) is 0 Å². The molecule has 2 aliphatic heterocycles. The van der Waals surface area contributed by atoms with E-state index < -0.39 is 5.54 Å². The number of hydrogen-bond acceptors (Lipinski definition) is 3. The SMILES string of the molecule is CCCCC1=NC2(CCN(C(=O)NC)CC2)C(=O)N1C(C)C. The van der Waals surface area contributed by atoms with Gasteiger partial charge in [0.15, 0.2) is 0 Å². The minimum Gasteiger partial charge on any atom is -0.341 e. The number of piperidine rings is 1. The third-order valence-corrected chi connectivity index (χ3v) is 4.60. The highest BCUT2D eigenvalue weighted by Gasteiger charge is 2.50. The Morgan fingerprint density at radius 2 is 2.00 bits per heavy atom. The minimum absolute atomic E-state index is 0.0730. The minimum atomic E-state index is -0.627. The zero-order valence-electron chi connectivity index (χ0n) is 14.2. The standard InChI is InChI=1S/C16H28N4O2/c1-5-6-7-13-18-16(14(21)20(13)12(2)3)8-10-19(11-9-16)15(22)17-4/h12H,5-11H2,1-4H3,(H,17,22). The van der Waals surface area contributed by atoms with E-state index >= 15 is 0 Å². The Balaban J connectivity index is 2.15. The number of rotatable bonds is 4. The number of aliphatic imine (C=N–C) groups is 1. The Labute approximate surface area is 132 Å². The molecule has 124 valence electrons. The second kappa shape index (κ2) is 6.67. The van der Waals surface area contributed by atoms with Gasteiger partial charge < -0.3 is 10.2 Å². The zero-order chi connectivity index (χ0) is 16.3. The third-order valence-electron chi connectivity index (χ3n) is 4.60. The van der Waals surface area contributed by atoms with Crippen LogP contribution in [0.3, 0.4) is 0 Å². The van der Waals surface area contributed by atoms with Gasteiger partial charge in [-0.3, -0.25) is 14.7 Å². The van der Waals surface area contributed by atoms with E-state index in [1.807, 2.05) is 18.7 Å². The average Bonchev–Trinajstić information content (AvgIpc) is 2.77. The molecule has 1 N–H and O–H groups in total. The molecule has 2 heterocycles. The third kappa shape index (κ3) is 2.96. The topological polar surface area (TPSA) is 65.0 Å². The van der Waals surface area contributed by atoms with Crippen molar-refractivity contribution in [2.24, 2.45) is 4.99 Å². The highest BCUT2D eigenvalue weighted by molar-refractivity contribution is 6.08. The van der Waals surface area contributed by atoms with Crippen molar-refractivity contribution in [1.29, 1.82) is 0 Å². The molecule has 6 nitrogen and oxygen atoms in total. The molecule has 22 heavy (non-hydrogen) atoms. The van der Waals surface area contributed by atoms with Crippen LogP contribution in [-0.2, 0) is 4.79 Å². The van der Waals surface area contributed by atoms with Crippen molar-refractivity contribution in [3.63, 3.8) is 0 Å². The summed E-state index contributed by atoms with van der Waals surface area (Å²) >= 11 is 0. The van der Waals surface area contributed by atoms with E-state index in [4.69, 9.17) is 4.99 Å². The van der Waals surface area contributed by atoms with Gasteiger partial charge in [-0.1, -0.05) is 13.3 Å². The number of nitrogens with zero attached hydrogens (tertiary/aromatic N) is 3. The maximum absolute atomic E-state index is 12.9. The summed E-state index contributed by atoms with van der Waals surface area (Å²) in [7, 11) is 1.63. The van der Waals surface area contributed by atoms with E-state index in [1.54, 1.807) is 11.9 Å². The number of hydrogen-bond donors (Lipinski definition) is 1. The molecule has 0 aromatic heterocycles. The van der Waals surface area contributed by atoms with Gasteiger partial charge in [0.2, 0.25) is 0 Å². The fourth-order valence-electron chi connectivity index (χ4n) is 3.30. The highest BCUT2D eigenvalue weighted by atomic mass is 16.2. The van der Waals surface area contributed by atoms with Gasteiger partial charge in [-0.2, -0.15) is 0 Å². The molecule has 0 unspecified atom stereocenters. The van der Waals surface area contributed by atoms with E-state index in [-0.39, 0.29) is 18.0 Å². The molecule has 1 spiro atoms. The number of nitrogens with one attached hydrogen (secondary N) is 1. The van der Waals surface area contributed by atoms with Crippen molar-refractivity contribution in [3.05, 3.63) is 0 Å². The fraction of sp³-hybridized carbons (Fsp3) is 0.812. The normalized spacial score (nSPS) is 20.8. The molecule has 1 saturated heterocycles. The van der Waals surface area contributed by atoms with Crippen LogP contribution >= 0.6 is 0 Å². The first kappa shape index (κ1) is 16.8. The van der Waals surface area contributed by atoms with Gasteiger partial charge in [-0.25, -0.2) is 4.79 Å². The van der Waals surface area contributed by atoms with Crippen LogP contribution in [0.4, 0.5) is 4.79 Å². The van der Waals surface area contributed by atoms with E-state index in [0.29, 0.717) is 25.9 Å². The monoisotopic (exact) mass is 308 g/mol. The molecule has 0 radical (unpaired) electrons. The molecule has 0 saturated carbocycles. The molecule has 0 aromatic carbocycles. The maximum atomic E-state index is 12.9. The van der Waals surface area contributed by atoms with Crippen LogP contribution in [-0.4, -0.2) is 59.3 Å². The number of amidine groups is 1. The summed E-state index contributed by atoms with van der Waals surface area (Å²) < 4.78 is 0. The molecule has 0 aromatic rings. The molecule has 1 fully saturated rings. The Morgan fingerprint density at radius 3 is 2.50 bits per heavy atom. The van der Waals surface area contributed by atoms with Gasteiger partial charge in [0.1, 0.15) is 11.4 Å². The van der Waals surface area contributed by atoms with Gasteiger partial charge in [0, 0.05) is 32.6 Å². The molecule has 2 aliphatic rings. The number of urea groups is 1. The van der Waals surface area contributed by atoms with Gasteiger partial charge in [0.25, 0.3) is 5.91 Å². The van der Waals surface area contributed by atoms with E-state index in [0.717, 1.165) is 25.1 Å². The maximum Gasteiger partial charge on any atom is 0.317 e. The summed E-state index contributed by atoms with van der Waals surface area (Å²) in [6, 6.07) is 0.0654. The molecule has 6 heteroatoms. The predicted octanol–water partition coefficient (Wildman–Crippen LogP) is 2.00. The van der Waals surface area contributed by atoms with Gasteiger partial charge in [-0.05, 0) is 33.1 Å². The average molecular weight is 308 g/mol. The van der Waals surface area contributed by atoms with E-state index in [9.17, 15) is 9.59 Å². The molecule has 0 bridgehead atoms. The van der Waals surface area contributed by atoms with Crippen LogP contribution < -0.4 is 5.32 Å². The highest BCUT2D eigenvalue weighted by Crippen LogP contribution is 2.35. The van der Waals surface area contributed by atoms with Crippen LogP contribution in [0.1, 0.15) is 52.9 Å². The fourth-order valence-corrected chi connectivity index (χ4v) is 3.30. The first-order valence-corrected chi connectivity index (χ1v) is 8.34. The van der Waals surface area contributed by atoms with Crippen LogP contribution in [0.15, 0.2) is 4.99 Å². The summed E-state index contributed by atoms with van der Waals surface area (Å²) in [5.41, 5.74) is -0.627. The Bertz CT molecular complexity index is 465. The smallest absolute Gasteiger partial charge is 0.317 e. The van der Waals surface area contributed by atoms with Crippen LogP contribution in [0.2, 0.25) is 0 Å². The summed E-state index contributed by atoms with van der Waals surface area (Å²) in [4.78, 5) is 33.1. The van der Waals surface area contributed by atoms with Crippen molar-refractivity contribution in [2.45, 2.75) is 64.5 Å². The first-order chi connectivity index (χ1) is 10.4. The van der Waals surface area contributed by atoms with Crippen LogP contribution in [0, 0.1) is 0 Å². The Morgan fingerprint density at radius 1 is 1.36 bits per heavy atom. The summed E-state index contributed by atoms with van der Waals surface area (Å²) in [6.45, 7) is 7.40. The van der Waals surface area contributed by atoms with Crippen LogP contribution in [0.25, 0.3) is 0 Å². The number of amides is 3. The molecule has 0 atom stereocenters. The van der Waals surface area contributed by atoms with Crippen molar-refractivity contribution in [2.75, 3.05) is 20.1 Å². The Hall–Kier alpha value is -1.59. The van der Waals surface area contributed by atoms with E-state index in [1.165, 1.54) is 0 Å². The first-order valence-electron chi connectivity index (χ1n) is 8.34. The molecule has 2 rings (SSSR count). The second-order valence-electron chi connectivity index (χ2n) is 6.47. The lowest BCUT2D eigenvalue weighted by Crippen LogP contribution is -2.53. The zero-order valence-corrected chi connectivity index (χ0v) is 14.2. The second-order valence-corrected chi connectivity index (χ2v) is 6.47. The lowest BCUT2D eigenvalue weighted by molar-refractivity contribution is -0.133. The van der Waals surface area contributed by atoms with Gasteiger partial charge in [-0.15, -0.1) is 0 Å². The summed E-state index contributed by atoms with van der Waals surface area (Å²) in [5, 5.41) is 2.64. The van der Waals surface area contributed by atoms with Gasteiger partial charge in [0.05, 0.1) is 0 Å². The quantitative estimate of drug-likeness (QED) is 0.863. The number of carbonyl (C=O) groups excluding carboxylic acids is 2. The predicted molar refractivity (Wildman–Crippen MR) is 86.9 cm³/mol. The number of likely N-dealkylation sites (tertiary alicyclic amines) is 1. The van der Waals surface area contributed by atoms with Crippen LogP contribution in [0.5, 0.6) is 0 Å². The number of carbonyl (C=O) groups is 2. The van der Waals surface area contributed by atoms with Crippen molar-refractivity contribution >= 4 is 17.8 Å². The molecular formula is C16H28N4O2. The van der Waals surface area contributed by atoms with Gasteiger partial charge >= 0.3 is 6.03 Å². The van der Waals surface area contributed by atoms with Crippen molar-refractivity contribution in [1.82, 2.24) is 15.1 Å². The van der Waals surface area contributed by atoms with E-state index in [2.05, 4.69) is 12.2 Å². The lowest BCUT2D eigenvalue weighted by Gasteiger charge is -2.36. The molecule has 3 amide bonds. The van der Waals surface area contributed by atoms with Crippen molar-refractivity contribution < 1.29 is 9.59 Å². The number of unbranched alkanes of at least 4 members (excludes halogenated alkanes) is 1. The molecular weight excluding hydrogens is 280 g/mol. The summed E-state index contributed by atoms with van der Waals surface area (Å²) in [5.74, 6) is 1.07.